The molecule has 0 aliphatic carbocycles. The zero-order valence-electron chi connectivity index (χ0n) is 22.9. The van der Waals surface area contributed by atoms with E-state index in [-0.39, 0.29) is 32.6 Å². The number of ether oxygens (including phenoxy) is 2. The lowest BCUT2D eigenvalue weighted by Gasteiger charge is -2.29. The number of esters is 1. The summed E-state index contributed by atoms with van der Waals surface area (Å²) >= 11 is 1.28. The van der Waals surface area contributed by atoms with Crippen LogP contribution in [0.1, 0.15) is 36.8 Å². The van der Waals surface area contributed by atoms with E-state index >= 15 is 0 Å². The third-order valence-corrected chi connectivity index (χ3v) is 7.40. The van der Waals surface area contributed by atoms with Gasteiger partial charge in [-0.15, -0.1) is 0 Å². The van der Waals surface area contributed by atoms with Crippen LogP contribution in [-0.2, 0) is 27.5 Å². The van der Waals surface area contributed by atoms with Crippen LogP contribution >= 0.6 is 11.8 Å². The lowest BCUT2D eigenvalue weighted by molar-refractivity contribution is -0.147. The van der Waals surface area contributed by atoms with E-state index in [0.717, 1.165) is 11.1 Å². The standard InChI is InChI=1S/C29H36N4O7S/c1-41-27-31-26-29(38,32-27)16-23(34)24(35)17-33(26)15-9-8-14-22(25(36)39-18-20-10-4-2-5-11-20)30-28(37)40-19-21-12-6-3-7-13-21/h2-7,10-13,22-24,34-35,38H,8-9,14-19H2,1H3,(H,30,37)/t22?,23-,24+,29?/m0/s1. The molecule has 12 heteroatoms. The van der Waals surface area contributed by atoms with Crippen molar-refractivity contribution in [3.63, 3.8) is 0 Å². The average Bonchev–Trinajstić information content (AvgIpc) is 3.28. The lowest BCUT2D eigenvalue weighted by Crippen LogP contribution is -2.46. The van der Waals surface area contributed by atoms with Crippen molar-refractivity contribution in [3.05, 3.63) is 71.8 Å². The number of thioether (sulfide) groups is 1. The Bertz CT molecular complexity index is 1230. The monoisotopic (exact) mass is 584 g/mol. The van der Waals surface area contributed by atoms with Gasteiger partial charge >= 0.3 is 12.1 Å². The van der Waals surface area contributed by atoms with Gasteiger partial charge in [0.1, 0.15) is 19.3 Å². The second kappa shape index (κ2) is 14.4. The second-order valence-electron chi connectivity index (χ2n) is 9.98. The third kappa shape index (κ3) is 8.52. The van der Waals surface area contributed by atoms with Crippen LogP contribution in [0.4, 0.5) is 4.79 Å². The number of amides is 1. The minimum atomic E-state index is -1.71. The number of fused-ring (bicyclic) bond motifs is 1. The Hall–Kier alpha value is -3.45. The number of rotatable bonds is 11. The van der Waals surface area contributed by atoms with Crippen molar-refractivity contribution in [2.75, 3.05) is 19.3 Å². The Morgan fingerprint density at radius 3 is 2.29 bits per heavy atom. The number of alkyl carbamates (subject to hydrolysis) is 1. The van der Waals surface area contributed by atoms with Gasteiger partial charge in [0, 0.05) is 19.5 Å². The van der Waals surface area contributed by atoms with E-state index < -0.39 is 36.0 Å². The van der Waals surface area contributed by atoms with E-state index in [4.69, 9.17) is 9.47 Å². The molecule has 1 fully saturated rings. The van der Waals surface area contributed by atoms with Crippen molar-refractivity contribution in [2.45, 2.75) is 62.9 Å². The van der Waals surface area contributed by atoms with Gasteiger partial charge in [-0.25, -0.2) is 19.6 Å². The number of hydrogen-bond donors (Lipinski definition) is 4. The number of aliphatic imine (C=N–C) groups is 2. The number of aliphatic hydroxyl groups excluding tert-OH is 2. The van der Waals surface area contributed by atoms with Crippen molar-refractivity contribution >= 4 is 34.8 Å². The number of carbonyl (C=O) groups excluding carboxylic acids is 2. The zero-order valence-corrected chi connectivity index (χ0v) is 23.7. The molecule has 1 saturated heterocycles. The predicted molar refractivity (Wildman–Crippen MR) is 155 cm³/mol. The maximum Gasteiger partial charge on any atom is 0.408 e. The van der Waals surface area contributed by atoms with Crippen molar-refractivity contribution < 1.29 is 34.4 Å². The SMILES string of the molecule is CSC1=NC2(O)C[C@H](O)[C@H](O)CN(CCCCC(NC(=O)OCc3ccccc3)C(=O)OCc3ccccc3)C2=N1. The van der Waals surface area contributed by atoms with E-state index in [0.29, 0.717) is 30.4 Å². The minimum Gasteiger partial charge on any atom is -0.459 e. The summed E-state index contributed by atoms with van der Waals surface area (Å²) in [5.74, 6) is -0.287. The molecule has 220 valence electrons. The molecule has 2 unspecified atom stereocenters. The molecule has 4 atom stereocenters. The van der Waals surface area contributed by atoms with Gasteiger partial charge in [-0.1, -0.05) is 72.4 Å². The molecule has 2 aromatic carbocycles. The van der Waals surface area contributed by atoms with Gasteiger partial charge in [-0.3, -0.25) is 0 Å². The first-order chi connectivity index (χ1) is 19.8. The van der Waals surface area contributed by atoms with Gasteiger partial charge in [0.15, 0.2) is 11.0 Å². The molecule has 41 heavy (non-hydrogen) atoms. The van der Waals surface area contributed by atoms with Gasteiger partial charge in [-0.05, 0) is 36.6 Å². The summed E-state index contributed by atoms with van der Waals surface area (Å²) < 4.78 is 10.8. The van der Waals surface area contributed by atoms with Crippen molar-refractivity contribution in [1.82, 2.24) is 10.2 Å². The number of carbonyl (C=O) groups is 2. The van der Waals surface area contributed by atoms with Crippen LogP contribution in [0, 0.1) is 0 Å². The molecule has 4 N–H and O–H groups in total. The third-order valence-electron chi connectivity index (χ3n) is 6.85. The van der Waals surface area contributed by atoms with Gasteiger partial charge in [0.2, 0.25) is 5.72 Å². The summed E-state index contributed by atoms with van der Waals surface area (Å²) in [5.41, 5.74) is -0.0628. The number of hydrogen-bond acceptors (Lipinski definition) is 11. The van der Waals surface area contributed by atoms with Crippen LogP contribution in [0.5, 0.6) is 0 Å². The summed E-state index contributed by atoms with van der Waals surface area (Å²) in [6.07, 6.45) is -0.0167. The van der Waals surface area contributed by atoms with Crippen LogP contribution in [-0.4, -0.2) is 86.6 Å². The lowest BCUT2D eigenvalue weighted by atomic mass is 10.0. The highest BCUT2D eigenvalue weighted by Crippen LogP contribution is 2.31. The maximum absolute atomic E-state index is 13.0. The molecular weight excluding hydrogens is 548 g/mol. The molecule has 2 aliphatic rings. The molecule has 0 aromatic heterocycles. The van der Waals surface area contributed by atoms with Crippen LogP contribution in [0.25, 0.3) is 0 Å². The number of amidine groups is 2. The highest BCUT2D eigenvalue weighted by Gasteiger charge is 2.47. The number of nitrogens with zero attached hydrogens (tertiary/aromatic N) is 3. The van der Waals surface area contributed by atoms with Gasteiger partial charge in [0.05, 0.1) is 12.2 Å². The minimum absolute atomic E-state index is 0.0622. The molecule has 2 heterocycles. The fraction of sp³-hybridized carbons (Fsp3) is 0.448. The Morgan fingerprint density at radius 2 is 1.66 bits per heavy atom. The first kappa shape index (κ1) is 30.5. The highest BCUT2D eigenvalue weighted by molar-refractivity contribution is 8.13. The van der Waals surface area contributed by atoms with E-state index in [1.165, 1.54) is 11.8 Å². The van der Waals surface area contributed by atoms with Crippen LogP contribution in [0.2, 0.25) is 0 Å². The fourth-order valence-corrected chi connectivity index (χ4v) is 5.08. The largest absolute Gasteiger partial charge is 0.459 e. The number of benzene rings is 2. The molecule has 2 aliphatic heterocycles. The van der Waals surface area contributed by atoms with Crippen molar-refractivity contribution in [1.29, 1.82) is 0 Å². The van der Waals surface area contributed by atoms with E-state index in [1.54, 1.807) is 11.2 Å². The summed E-state index contributed by atoms with van der Waals surface area (Å²) in [6, 6.07) is 17.5. The van der Waals surface area contributed by atoms with Crippen molar-refractivity contribution in [2.24, 2.45) is 9.98 Å². The summed E-state index contributed by atoms with van der Waals surface area (Å²) in [7, 11) is 0. The zero-order chi connectivity index (χ0) is 29.2. The molecule has 0 spiro atoms. The number of unbranched alkanes of at least 4 members (excludes halogenated alkanes) is 1. The van der Waals surface area contributed by atoms with Crippen LogP contribution in [0.15, 0.2) is 70.6 Å². The normalized spacial score (nSPS) is 22.6. The molecule has 0 saturated carbocycles. The second-order valence-corrected chi connectivity index (χ2v) is 10.8. The van der Waals surface area contributed by atoms with E-state index in [2.05, 4.69) is 15.3 Å². The molecular formula is C29H36N4O7S. The molecule has 4 rings (SSSR count). The maximum atomic E-state index is 13.0. The Balaban J connectivity index is 1.35. The first-order valence-corrected chi connectivity index (χ1v) is 14.7. The summed E-state index contributed by atoms with van der Waals surface area (Å²) in [4.78, 5) is 35.9. The van der Waals surface area contributed by atoms with Gasteiger partial charge in [-0.2, -0.15) is 0 Å². The summed E-state index contributed by atoms with van der Waals surface area (Å²) in [5, 5.41) is 34.8. The topological polar surface area (TPSA) is 153 Å². The Kier molecular flexibility index (Phi) is 10.7. The average molecular weight is 585 g/mol. The smallest absolute Gasteiger partial charge is 0.408 e. The molecule has 0 radical (unpaired) electrons. The highest BCUT2D eigenvalue weighted by atomic mass is 32.2. The number of likely N-dealkylation sites (tertiary alicyclic amines) is 1. The van der Waals surface area contributed by atoms with Gasteiger partial charge in [0.25, 0.3) is 0 Å². The summed E-state index contributed by atoms with van der Waals surface area (Å²) in [6.45, 7) is 0.590. The number of nitrogens with one attached hydrogen (secondary N) is 1. The first-order valence-electron chi connectivity index (χ1n) is 13.5. The fourth-order valence-electron chi connectivity index (χ4n) is 4.66. The van der Waals surface area contributed by atoms with E-state index in [1.807, 2.05) is 60.7 Å². The number of aliphatic hydroxyl groups is 3. The van der Waals surface area contributed by atoms with Crippen molar-refractivity contribution in [3.8, 4) is 0 Å². The van der Waals surface area contributed by atoms with E-state index in [9.17, 15) is 24.9 Å². The molecule has 2 aromatic rings. The number of β-amino-alcohol motifs (C(OH)–C–C–N with tert-alkyl or cyclic N) is 1. The molecule has 11 nitrogen and oxygen atoms in total. The molecule has 1 amide bonds. The Labute approximate surface area is 243 Å². The predicted octanol–water partition coefficient (Wildman–Crippen LogP) is 2.44. The van der Waals surface area contributed by atoms with Crippen LogP contribution < -0.4 is 5.32 Å². The quantitative estimate of drug-likeness (QED) is 0.230. The molecule has 0 bridgehead atoms. The van der Waals surface area contributed by atoms with Gasteiger partial charge < -0.3 is 35.0 Å². The van der Waals surface area contributed by atoms with Crippen LogP contribution in [0.3, 0.4) is 0 Å². The Morgan fingerprint density at radius 1 is 1.02 bits per heavy atom.